The molecule has 1 heteroatoms. The first-order chi connectivity index (χ1) is 33.8. The molecule has 11 rings (SSSR count). The summed E-state index contributed by atoms with van der Waals surface area (Å²) in [5.41, 5.74) is 26.9. The van der Waals surface area contributed by atoms with Crippen LogP contribution < -0.4 is 4.90 Å². The molecule has 0 aliphatic heterocycles. The number of benzene rings is 8. The number of hydrogen-bond acceptors (Lipinski definition) is 1. The van der Waals surface area contributed by atoms with Gasteiger partial charge in [-0.15, -0.1) is 5.73 Å². The van der Waals surface area contributed by atoms with Crippen molar-refractivity contribution >= 4 is 22.5 Å². The quantitative estimate of drug-likeness (QED) is 0.137. The van der Waals surface area contributed by atoms with E-state index in [9.17, 15) is 0 Å². The Balaban J connectivity index is 0.000000600. The second kappa shape index (κ2) is 20.9. The van der Waals surface area contributed by atoms with Crippen LogP contribution in [0.5, 0.6) is 0 Å². The molecule has 8 aromatic carbocycles. The van der Waals surface area contributed by atoms with Crippen LogP contribution in [0, 0.1) is 13.8 Å². The minimum absolute atomic E-state index is 0.310. The molecule has 1 unspecified atom stereocenters. The fourth-order valence-corrected chi connectivity index (χ4v) is 9.99. The smallest absolute Gasteiger partial charge is 0.0468 e. The lowest BCUT2D eigenvalue weighted by Crippen LogP contribution is -2.23. The maximum absolute atomic E-state index is 3.65. The summed E-state index contributed by atoms with van der Waals surface area (Å²) in [6.07, 6.45) is 15.6. The van der Waals surface area contributed by atoms with Crippen LogP contribution in [0.1, 0.15) is 79.5 Å². The first-order valence-corrected chi connectivity index (χ1v) is 24.6. The normalized spacial score (nSPS) is 15.3. The van der Waals surface area contributed by atoms with Gasteiger partial charge >= 0.3 is 0 Å². The highest BCUT2D eigenvalue weighted by Crippen LogP contribution is 2.53. The Morgan fingerprint density at radius 1 is 0.478 bits per heavy atom. The number of allylic oxidation sites excluding steroid dienone is 8. The van der Waals surface area contributed by atoms with Gasteiger partial charge in [0, 0.05) is 28.1 Å². The molecule has 0 bridgehead atoms. The zero-order valence-electron chi connectivity index (χ0n) is 40.9. The number of anilines is 2. The van der Waals surface area contributed by atoms with Gasteiger partial charge in [-0.1, -0.05) is 201 Å². The summed E-state index contributed by atoms with van der Waals surface area (Å²) >= 11 is 0. The summed E-state index contributed by atoms with van der Waals surface area (Å²) < 4.78 is 0. The maximum atomic E-state index is 3.65. The molecule has 0 spiro atoms. The second-order valence-electron chi connectivity index (χ2n) is 18.1. The van der Waals surface area contributed by atoms with Crippen molar-refractivity contribution in [2.24, 2.45) is 0 Å². The van der Waals surface area contributed by atoms with Crippen molar-refractivity contribution in [2.45, 2.75) is 59.8 Å². The molecule has 0 aromatic heterocycles. The van der Waals surface area contributed by atoms with Gasteiger partial charge in [-0.2, -0.15) is 0 Å². The standard InChI is InChI=1S/C59H47N.C7H8.C2H6/c1-41-16-10-11-25-53(41)56-39-48(29-28-42(56)2)44-19-15-24-50(33-30-44)60(51-34-31-45(32-35-51)47-21-14-20-46(38-47)43-17-6-4-7-18-43)52-36-37-55-54-26-12-13-27-57(54)59(3,58(55)40-52)49-22-8-5-9-23-49;1-7-5-3-2-4-6-7;1-2/h4-9,11-15,17-18,20-40H,10,16H2,1-3H3;2-6H,1H3;1-2H3. The lowest BCUT2D eigenvalue weighted by molar-refractivity contribution is 0.714. The molecule has 1 nitrogen and oxygen atoms in total. The minimum atomic E-state index is -0.310. The van der Waals surface area contributed by atoms with Crippen LogP contribution in [0.4, 0.5) is 11.4 Å². The average Bonchev–Trinajstić information content (AvgIpc) is 3.50. The van der Waals surface area contributed by atoms with E-state index in [1.807, 2.05) is 32.0 Å². The average molecular weight is 892 g/mol. The van der Waals surface area contributed by atoms with Gasteiger partial charge < -0.3 is 4.90 Å². The number of aryl methyl sites for hydroxylation is 2. The number of nitrogens with zero attached hydrogens (tertiary/aromatic N) is 1. The molecule has 0 saturated carbocycles. The van der Waals surface area contributed by atoms with Gasteiger partial charge in [0.25, 0.3) is 0 Å². The summed E-state index contributed by atoms with van der Waals surface area (Å²) in [7, 11) is 0. The van der Waals surface area contributed by atoms with E-state index in [2.05, 4.69) is 257 Å². The van der Waals surface area contributed by atoms with Gasteiger partial charge in [0.2, 0.25) is 0 Å². The summed E-state index contributed by atoms with van der Waals surface area (Å²) in [5, 5.41) is 0. The van der Waals surface area contributed by atoms with Crippen molar-refractivity contribution < 1.29 is 0 Å². The van der Waals surface area contributed by atoms with Crippen molar-refractivity contribution in [3.63, 3.8) is 0 Å². The largest absolute Gasteiger partial charge is 0.310 e. The Labute approximate surface area is 411 Å². The predicted octanol–water partition coefficient (Wildman–Crippen LogP) is 18.6. The van der Waals surface area contributed by atoms with Gasteiger partial charge in [-0.3, -0.25) is 0 Å². The lowest BCUT2D eigenvalue weighted by atomic mass is 9.74. The molecule has 8 aromatic rings. The van der Waals surface area contributed by atoms with E-state index in [1.54, 1.807) is 0 Å². The first-order valence-electron chi connectivity index (χ1n) is 24.6. The Kier molecular flexibility index (Phi) is 14.0. The molecule has 69 heavy (non-hydrogen) atoms. The Bertz CT molecular complexity index is 3280. The van der Waals surface area contributed by atoms with Gasteiger partial charge in [0.15, 0.2) is 0 Å². The van der Waals surface area contributed by atoms with Crippen molar-refractivity contribution in [2.75, 3.05) is 4.90 Å². The number of hydrogen-bond donors (Lipinski definition) is 0. The van der Waals surface area contributed by atoms with Crippen LogP contribution in [-0.2, 0) is 5.41 Å². The van der Waals surface area contributed by atoms with E-state index in [0.717, 1.165) is 35.5 Å². The molecular weight excluding hydrogens is 831 g/mol. The maximum Gasteiger partial charge on any atom is 0.0468 e. The monoisotopic (exact) mass is 891 g/mol. The van der Waals surface area contributed by atoms with E-state index >= 15 is 0 Å². The highest BCUT2D eigenvalue weighted by Gasteiger charge is 2.41. The molecule has 3 aliphatic rings. The Morgan fingerprint density at radius 3 is 1.78 bits per heavy atom. The molecule has 338 valence electrons. The fraction of sp³-hybridized carbons (Fsp3) is 0.132. The zero-order chi connectivity index (χ0) is 47.7. The molecule has 0 saturated heterocycles. The highest BCUT2D eigenvalue weighted by atomic mass is 15.1. The Morgan fingerprint density at radius 2 is 1.09 bits per heavy atom. The third kappa shape index (κ3) is 9.61. The molecule has 0 amide bonds. The van der Waals surface area contributed by atoms with E-state index < -0.39 is 0 Å². The van der Waals surface area contributed by atoms with E-state index in [0.29, 0.717) is 0 Å². The van der Waals surface area contributed by atoms with Crippen molar-refractivity contribution in [3.05, 3.63) is 293 Å². The highest BCUT2D eigenvalue weighted by molar-refractivity contribution is 5.88. The summed E-state index contributed by atoms with van der Waals surface area (Å²) in [4.78, 5) is 2.40. The zero-order valence-corrected chi connectivity index (χ0v) is 40.9. The molecule has 0 N–H and O–H groups in total. The molecule has 3 aliphatic carbocycles. The van der Waals surface area contributed by atoms with Crippen LogP contribution in [0.25, 0.3) is 44.5 Å². The Hall–Kier alpha value is -7.96. The molecular formula is C68H61N. The van der Waals surface area contributed by atoms with Crippen molar-refractivity contribution in [1.29, 1.82) is 0 Å². The number of rotatable bonds is 8. The minimum Gasteiger partial charge on any atom is -0.310 e. The van der Waals surface area contributed by atoms with Crippen LogP contribution in [-0.4, -0.2) is 0 Å². The van der Waals surface area contributed by atoms with Gasteiger partial charge in [0.1, 0.15) is 0 Å². The molecule has 0 radical (unpaired) electrons. The van der Waals surface area contributed by atoms with Crippen LogP contribution in [0.15, 0.2) is 254 Å². The van der Waals surface area contributed by atoms with Crippen LogP contribution in [0.2, 0.25) is 0 Å². The van der Waals surface area contributed by atoms with E-state index in [1.165, 1.54) is 83.5 Å². The lowest BCUT2D eigenvalue weighted by Gasteiger charge is -2.31. The molecule has 0 fully saturated rings. The number of fused-ring (bicyclic) bond motifs is 3. The third-order valence-electron chi connectivity index (χ3n) is 13.7. The van der Waals surface area contributed by atoms with Gasteiger partial charge in [0.05, 0.1) is 0 Å². The summed E-state index contributed by atoms with van der Waals surface area (Å²) in [6.45, 7) is 13.0. The van der Waals surface area contributed by atoms with E-state index in [4.69, 9.17) is 0 Å². The van der Waals surface area contributed by atoms with Gasteiger partial charge in [-0.25, -0.2) is 0 Å². The summed E-state index contributed by atoms with van der Waals surface area (Å²) in [6, 6.07) is 72.5. The van der Waals surface area contributed by atoms with Crippen LogP contribution >= 0.6 is 0 Å². The predicted molar refractivity (Wildman–Crippen MR) is 297 cm³/mol. The SMILES string of the molecule is CC.CC1=C(c2cc(C3=C=CC=C(N(c4ccc(-c5cccc(-c6ccccc6)c5)cc4)c4ccc5c(c4)C(C)(c4ccccc4)c4ccccc4-5)C=C3)ccc2C)C=CCC1.Cc1ccccc1. The second-order valence-corrected chi connectivity index (χ2v) is 18.1. The third-order valence-corrected chi connectivity index (χ3v) is 13.7. The first kappa shape index (κ1) is 46.2. The fourth-order valence-electron chi connectivity index (χ4n) is 9.99. The molecule has 0 heterocycles. The van der Waals surface area contributed by atoms with Gasteiger partial charge in [-0.05, 0) is 174 Å². The topological polar surface area (TPSA) is 3.24 Å². The van der Waals surface area contributed by atoms with Crippen LogP contribution in [0.3, 0.4) is 0 Å². The van der Waals surface area contributed by atoms with Crippen molar-refractivity contribution in [3.8, 4) is 33.4 Å². The van der Waals surface area contributed by atoms with Crippen molar-refractivity contribution in [1.82, 2.24) is 0 Å². The summed E-state index contributed by atoms with van der Waals surface area (Å²) in [5.74, 6) is 0. The molecule has 1 atom stereocenters. The van der Waals surface area contributed by atoms with E-state index in [-0.39, 0.29) is 5.41 Å².